The van der Waals surface area contributed by atoms with E-state index in [0.29, 0.717) is 17.5 Å². The van der Waals surface area contributed by atoms with E-state index in [1.165, 1.54) is 0 Å². The maximum absolute atomic E-state index is 5.59. The zero-order valence-electron chi connectivity index (χ0n) is 15.4. The van der Waals surface area contributed by atoms with Crippen molar-refractivity contribution in [3.05, 3.63) is 36.7 Å². The van der Waals surface area contributed by atoms with Gasteiger partial charge in [-0.25, -0.2) is 9.97 Å². The summed E-state index contributed by atoms with van der Waals surface area (Å²) < 4.78 is 11.8. The van der Waals surface area contributed by atoms with Crippen molar-refractivity contribution in [3.8, 4) is 16.2 Å². The van der Waals surface area contributed by atoms with Crippen molar-refractivity contribution in [1.82, 2.24) is 20.7 Å². The van der Waals surface area contributed by atoms with Crippen LogP contribution in [0.3, 0.4) is 0 Å². The van der Waals surface area contributed by atoms with Crippen molar-refractivity contribution >= 4 is 44.7 Å². The van der Waals surface area contributed by atoms with E-state index < -0.39 is 0 Å². The second-order valence-electron chi connectivity index (χ2n) is 6.37. The first-order valence-corrected chi connectivity index (χ1v) is 10.3. The third-order valence-corrected chi connectivity index (χ3v) is 5.92. The van der Waals surface area contributed by atoms with E-state index >= 15 is 0 Å². The molecule has 3 aromatic rings. The molecule has 146 valence electrons. The summed E-state index contributed by atoms with van der Waals surface area (Å²) in [5, 5.41) is 3.67. The van der Waals surface area contributed by atoms with E-state index in [0.717, 1.165) is 45.9 Å². The zero-order valence-corrected chi connectivity index (χ0v) is 17.0. The maximum Gasteiger partial charge on any atom is 0.185 e. The summed E-state index contributed by atoms with van der Waals surface area (Å²) >= 11 is 6.95. The molecule has 9 heteroatoms. The number of benzene rings is 1. The summed E-state index contributed by atoms with van der Waals surface area (Å²) in [6, 6.07) is 10.0. The van der Waals surface area contributed by atoms with Crippen molar-refractivity contribution in [2.45, 2.75) is 18.9 Å². The monoisotopic (exact) mass is 415 g/mol. The predicted molar refractivity (Wildman–Crippen MR) is 116 cm³/mol. The largest absolute Gasteiger partial charge is 0.497 e. The molecule has 3 N–H and O–H groups in total. The molecule has 1 aliphatic heterocycles. The topological polar surface area (TPSA) is 80.3 Å². The molecular formula is C19H21N5O2S2. The number of nitrogens with zero attached hydrogens (tertiary/aromatic N) is 2. The minimum Gasteiger partial charge on any atom is -0.497 e. The molecule has 0 radical (unpaired) electrons. The first-order valence-electron chi connectivity index (χ1n) is 9.03. The first-order chi connectivity index (χ1) is 13.7. The molecule has 7 nitrogen and oxygen atoms in total. The van der Waals surface area contributed by atoms with Gasteiger partial charge in [-0.1, -0.05) is 0 Å². The Morgan fingerprint density at radius 2 is 2.18 bits per heavy atom. The number of anilines is 1. The standard InChI is InChI=1S/C19H21N5O2S2/c1-25-13-6-4-12(5-7-13)16-9-15-17(28-16)18(22-11-21-15)23-24-19(27)20-10-14-3-2-8-26-14/h4-7,9,11,14H,2-3,8,10H2,1H3,(H2,20,24,27)(H,21,22,23). The van der Waals surface area contributed by atoms with Crippen molar-refractivity contribution in [1.29, 1.82) is 0 Å². The lowest BCUT2D eigenvalue weighted by Gasteiger charge is -2.14. The van der Waals surface area contributed by atoms with Crippen LogP contribution in [0, 0.1) is 0 Å². The lowest BCUT2D eigenvalue weighted by molar-refractivity contribution is 0.114. The Morgan fingerprint density at radius 1 is 1.32 bits per heavy atom. The van der Waals surface area contributed by atoms with Crippen LogP contribution in [0.15, 0.2) is 36.7 Å². The molecule has 1 aromatic carbocycles. The Labute approximate surface area is 172 Å². The number of ether oxygens (including phenoxy) is 2. The molecule has 1 unspecified atom stereocenters. The van der Waals surface area contributed by atoms with Crippen molar-refractivity contribution in [2.24, 2.45) is 0 Å². The van der Waals surface area contributed by atoms with Gasteiger partial charge in [0.15, 0.2) is 10.9 Å². The highest BCUT2D eigenvalue weighted by Gasteiger charge is 2.15. The second-order valence-corrected chi connectivity index (χ2v) is 7.83. The van der Waals surface area contributed by atoms with Gasteiger partial charge in [0.25, 0.3) is 0 Å². The summed E-state index contributed by atoms with van der Waals surface area (Å²) in [6.07, 6.45) is 3.95. The maximum atomic E-state index is 5.59. The van der Waals surface area contributed by atoms with Gasteiger partial charge in [-0.2, -0.15) is 0 Å². The zero-order chi connectivity index (χ0) is 19.3. The molecule has 1 aliphatic rings. The van der Waals surface area contributed by atoms with E-state index in [9.17, 15) is 0 Å². The molecular weight excluding hydrogens is 394 g/mol. The Balaban J connectivity index is 1.43. The van der Waals surface area contributed by atoms with E-state index in [-0.39, 0.29) is 6.10 Å². The third kappa shape index (κ3) is 4.32. The fraction of sp³-hybridized carbons (Fsp3) is 0.316. The molecule has 28 heavy (non-hydrogen) atoms. The van der Waals surface area contributed by atoms with Gasteiger partial charge in [0.05, 0.1) is 23.4 Å². The Kier molecular flexibility index (Phi) is 5.84. The van der Waals surface area contributed by atoms with Crippen LogP contribution in [0.2, 0.25) is 0 Å². The third-order valence-electron chi connectivity index (χ3n) is 4.49. The summed E-state index contributed by atoms with van der Waals surface area (Å²) in [6.45, 7) is 1.53. The van der Waals surface area contributed by atoms with Gasteiger partial charge in [0.1, 0.15) is 12.1 Å². The van der Waals surface area contributed by atoms with Gasteiger partial charge in [0.2, 0.25) is 0 Å². The van der Waals surface area contributed by atoms with Gasteiger partial charge in [-0.05, 0) is 61.0 Å². The summed E-state index contributed by atoms with van der Waals surface area (Å²) in [5.41, 5.74) is 8.07. The molecule has 0 spiro atoms. The molecule has 1 atom stereocenters. The van der Waals surface area contributed by atoms with Gasteiger partial charge < -0.3 is 14.8 Å². The normalized spacial score (nSPS) is 16.1. The lowest BCUT2D eigenvalue weighted by Crippen LogP contribution is -2.42. The highest BCUT2D eigenvalue weighted by atomic mass is 32.1. The molecule has 0 saturated carbocycles. The Bertz CT molecular complexity index is 955. The molecule has 2 aromatic heterocycles. The van der Waals surface area contributed by atoms with Crippen molar-refractivity contribution in [2.75, 3.05) is 25.7 Å². The van der Waals surface area contributed by atoms with Gasteiger partial charge >= 0.3 is 0 Å². The number of aromatic nitrogens is 2. The van der Waals surface area contributed by atoms with Crippen LogP contribution >= 0.6 is 23.6 Å². The number of thiocarbonyl (C=S) groups is 1. The summed E-state index contributed by atoms with van der Waals surface area (Å²) in [5.74, 6) is 1.52. The van der Waals surface area contributed by atoms with Crippen LogP contribution < -0.4 is 20.9 Å². The SMILES string of the molecule is COc1ccc(-c2cc3ncnc(NNC(=S)NCC4CCCO4)c3s2)cc1. The van der Waals surface area contributed by atoms with Gasteiger partial charge in [-0.3, -0.25) is 10.9 Å². The number of nitrogens with one attached hydrogen (secondary N) is 3. The quantitative estimate of drug-likeness (QED) is 0.418. The molecule has 0 aliphatic carbocycles. The van der Waals surface area contributed by atoms with Crippen LogP contribution in [0.1, 0.15) is 12.8 Å². The number of hydrogen-bond donors (Lipinski definition) is 3. The highest BCUT2D eigenvalue weighted by Crippen LogP contribution is 2.35. The van der Waals surface area contributed by atoms with Crippen molar-refractivity contribution < 1.29 is 9.47 Å². The molecule has 0 amide bonds. The van der Waals surface area contributed by atoms with Crippen LogP contribution in [-0.4, -0.2) is 41.4 Å². The second kappa shape index (κ2) is 8.68. The number of thiophene rings is 1. The number of hydrazine groups is 1. The summed E-state index contributed by atoms with van der Waals surface area (Å²) in [7, 11) is 1.66. The van der Waals surface area contributed by atoms with E-state index in [2.05, 4.69) is 32.2 Å². The minimum absolute atomic E-state index is 0.231. The van der Waals surface area contributed by atoms with E-state index in [1.54, 1.807) is 24.8 Å². The minimum atomic E-state index is 0.231. The van der Waals surface area contributed by atoms with E-state index in [1.807, 2.05) is 24.3 Å². The van der Waals surface area contributed by atoms with Gasteiger partial charge in [-0.15, -0.1) is 11.3 Å². The van der Waals surface area contributed by atoms with Crippen molar-refractivity contribution in [3.63, 3.8) is 0 Å². The molecule has 1 saturated heterocycles. The smallest absolute Gasteiger partial charge is 0.185 e. The molecule has 0 bridgehead atoms. The van der Waals surface area contributed by atoms with E-state index in [4.69, 9.17) is 21.7 Å². The fourth-order valence-corrected chi connectivity index (χ4v) is 4.21. The average Bonchev–Trinajstić information content (AvgIpc) is 3.40. The number of rotatable bonds is 6. The van der Waals surface area contributed by atoms with Crippen LogP contribution in [0.25, 0.3) is 20.7 Å². The number of hydrogen-bond acceptors (Lipinski definition) is 7. The molecule has 4 rings (SSSR count). The Hall–Kier alpha value is -2.49. The fourth-order valence-electron chi connectivity index (χ4n) is 3.01. The van der Waals surface area contributed by atoms with Crippen LogP contribution in [0.5, 0.6) is 5.75 Å². The lowest BCUT2D eigenvalue weighted by atomic mass is 10.2. The van der Waals surface area contributed by atoms with Crippen LogP contribution in [0.4, 0.5) is 5.82 Å². The number of fused-ring (bicyclic) bond motifs is 1. The molecule has 1 fully saturated rings. The first kappa shape index (κ1) is 18.9. The average molecular weight is 416 g/mol. The van der Waals surface area contributed by atoms with Crippen LogP contribution in [-0.2, 0) is 4.74 Å². The Morgan fingerprint density at radius 3 is 2.93 bits per heavy atom. The molecule has 3 heterocycles. The summed E-state index contributed by atoms with van der Waals surface area (Å²) in [4.78, 5) is 9.84. The highest BCUT2D eigenvalue weighted by molar-refractivity contribution is 7.80. The predicted octanol–water partition coefficient (Wildman–Crippen LogP) is 3.34. The van der Waals surface area contributed by atoms with Gasteiger partial charge in [0, 0.05) is 18.0 Å². The number of methoxy groups -OCH3 is 1.